The molecule has 1 aliphatic heterocycles. The number of allylic oxidation sites excluding steroid dienone is 1. The molecule has 2 bridgehead atoms. The molecule has 0 aromatic carbocycles. The van der Waals surface area contributed by atoms with E-state index in [2.05, 4.69) is 41.7 Å². The molecule has 0 aliphatic carbocycles. The number of amides is 3. The summed E-state index contributed by atoms with van der Waals surface area (Å²) in [6, 6.07) is -0.956. The zero-order valence-corrected chi connectivity index (χ0v) is 23.7. The third-order valence-electron chi connectivity index (χ3n) is 5.25. The molecule has 3 amide bonds. The minimum Gasteiger partial charge on any atom is -0.456 e. The van der Waals surface area contributed by atoms with Crippen molar-refractivity contribution in [2.45, 2.75) is 90.3 Å². The highest BCUT2D eigenvalue weighted by molar-refractivity contribution is 8.00. The molecule has 1 aliphatic rings. The van der Waals surface area contributed by atoms with Gasteiger partial charge in [-0.05, 0) is 38.0 Å². The highest BCUT2D eigenvalue weighted by atomic mass is 32.2. The minimum atomic E-state index is -1.30. The molecule has 0 fully saturated rings. The van der Waals surface area contributed by atoms with Gasteiger partial charge in [-0.15, -0.1) is 11.3 Å². The van der Waals surface area contributed by atoms with E-state index < -0.39 is 35.5 Å². The van der Waals surface area contributed by atoms with Gasteiger partial charge in [-0.2, -0.15) is 11.8 Å². The molecule has 36 heavy (non-hydrogen) atoms. The van der Waals surface area contributed by atoms with Gasteiger partial charge in [0, 0.05) is 10.1 Å². The smallest absolute Gasteiger partial charge is 0.329 e. The summed E-state index contributed by atoms with van der Waals surface area (Å²) in [6.07, 6.45) is 3.55. The van der Waals surface area contributed by atoms with Crippen molar-refractivity contribution in [2.24, 2.45) is 5.92 Å². The van der Waals surface area contributed by atoms with E-state index in [0.29, 0.717) is 5.01 Å². The first-order valence-corrected chi connectivity index (χ1v) is 13.9. The summed E-state index contributed by atoms with van der Waals surface area (Å²) in [6.45, 7) is 13.3. The first kappa shape index (κ1) is 29.8. The lowest BCUT2D eigenvalue weighted by atomic mass is 9.99. The lowest BCUT2D eigenvalue weighted by Crippen LogP contribution is -2.59. The van der Waals surface area contributed by atoms with Gasteiger partial charge in [0.1, 0.15) is 28.4 Å². The summed E-state index contributed by atoms with van der Waals surface area (Å²) < 4.78 is 5.85. The normalized spacial score (nSPS) is 22.2. The van der Waals surface area contributed by atoms with Crippen LogP contribution in [0.3, 0.4) is 0 Å². The number of esters is 1. The molecular weight excluding hydrogens is 500 g/mol. The van der Waals surface area contributed by atoms with Crippen molar-refractivity contribution in [1.29, 1.82) is 0 Å². The molecule has 0 spiro atoms. The Kier molecular flexibility index (Phi) is 10.5. The number of thiazole rings is 1. The fourth-order valence-electron chi connectivity index (χ4n) is 3.20. The van der Waals surface area contributed by atoms with Gasteiger partial charge in [0.25, 0.3) is 5.91 Å². The quantitative estimate of drug-likeness (QED) is 0.299. The van der Waals surface area contributed by atoms with E-state index in [1.54, 1.807) is 39.2 Å². The second-order valence-corrected chi connectivity index (χ2v) is 13.4. The highest BCUT2D eigenvalue weighted by Crippen LogP contribution is 2.24. The number of nitrogens with zero attached hydrogens (tertiary/aromatic N) is 1. The predicted octanol–water partition coefficient (Wildman–Crippen LogP) is 3.20. The SMILES string of the molecule is CC(C)[C@@H]1NC(=O)C(C)(C)NC(=O)c2csc(n2)CNC(=O)C[C@@H](/C=C/CCSC(C)(C)C)OC1=O. The molecule has 3 N–H and O–H groups in total. The third kappa shape index (κ3) is 9.57. The van der Waals surface area contributed by atoms with Crippen molar-refractivity contribution in [3.63, 3.8) is 0 Å². The van der Waals surface area contributed by atoms with Gasteiger partial charge in [-0.25, -0.2) is 9.78 Å². The number of cyclic esters (lactones) is 1. The maximum atomic E-state index is 13.1. The van der Waals surface area contributed by atoms with E-state index >= 15 is 0 Å². The Bertz CT molecular complexity index is 981. The average Bonchev–Trinajstić information content (AvgIpc) is 3.22. The van der Waals surface area contributed by atoms with Crippen LogP contribution < -0.4 is 16.0 Å². The number of thioether (sulfide) groups is 1. The number of carbonyl (C=O) groups is 4. The van der Waals surface area contributed by atoms with Gasteiger partial charge in [0.15, 0.2) is 0 Å². The van der Waals surface area contributed by atoms with Crippen LogP contribution >= 0.6 is 23.1 Å². The Morgan fingerprint density at radius 1 is 1.25 bits per heavy atom. The van der Waals surface area contributed by atoms with Crippen LogP contribution in [0.2, 0.25) is 0 Å². The number of fused-ring (bicyclic) bond motifs is 2. The van der Waals surface area contributed by atoms with Crippen molar-refractivity contribution in [3.05, 3.63) is 28.2 Å². The summed E-state index contributed by atoms with van der Waals surface area (Å²) in [5, 5.41) is 10.3. The van der Waals surface area contributed by atoms with Crippen LogP contribution in [0.5, 0.6) is 0 Å². The lowest BCUT2D eigenvalue weighted by Gasteiger charge is -2.29. The fraction of sp³-hybridized carbons (Fsp3) is 0.640. The molecule has 200 valence electrons. The van der Waals surface area contributed by atoms with Crippen molar-refractivity contribution < 1.29 is 23.9 Å². The molecule has 11 heteroatoms. The first-order valence-electron chi connectivity index (χ1n) is 12.0. The Hall–Kier alpha value is -2.40. The fourth-order valence-corrected chi connectivity index (χ4v) is 4.78. The van der Waals surface area contributed by atoms with Crippen molar-refractivity contribution in [2.75, 3.05) is 5.75 Å². The van der Waals surface area contributed by atoms with E-state index in [1.165, 1.54) is 11.3 Å². The molecule has 0 unspecified atom stereocenters. The molecular formula is C25H38N4O5S2. The van der Waals surface area contributed by atoms with E-state index in [-0.39, 0.29) is 35.2 Å². The van der Waals surface area contributed by atoms with Crippen molar-refractivity contribution >= 4 is 46.8 Å². The first-order chi connectivity index (χ1) is 16.7. The molecule has 0 saturated heterocycles. The number of nitrogens with one attached hydrogen (secondary N) is 3. The van der Waals surface area contributed by atoms with Crippen LogP contribution in [0.25, 0.3) is 0 Å². The van der Waals surface area contributed by atoms with E-state index in [0.717, 1.165) is 12.2 Å². The Morgan fingerprint density at radius 2 is 1.94 bits per heavy atom. The molecule has 2 rings (SSSR count). The van der Waals surface area contributed by atoms with Crippen LogP contribution in [-0.4, -0.2) is 56.9 Å². The number of rotatable bonds is 5. The largest absolute Gasteiger partial charge is 0.456 e. The Labute approximate surface area is 221 Å². The predicted molar refractivity (Wildman–Crippen MR) is 143 cm³/mol. The van der Waals surface area contributed by atoms with E-state index in [4.69, 9.17) is 4.74 Å². The minimum absolute atomic E-state index is 0.0718. The molecule has 1 aromatic rings. The summed E-state index contributed by atoms with van der Waals surface area (Å²) in [7, 11) is 0. The summed E-state index contributed by atoms with van der Waals surface area (Å²) in [4.78, 5) is 55.7. The number of hydrogen-bond donors (Lipinski definition) is 3. The van der Waals surface area contributed by atoms with Crippen molar-refractivity contribution in [1.82, 2.24) is 20.9 Å². The van der Waals surface area contributed by atoms with Gasteiger partial charge in [0.05, 0.1) is 13.0 Å². The van der Waals surface area contributed by atoms with Gasteiger partial charge in [-0.3, -0.25) is 14.4 Å². The molecule has 9 nitrogen and oxygen atoms in total. The molecule has 2 heterocycles. The number of ether oxygens (including phenoxy) is 1. The Balaban J connectivity index is 2.28. The summed E-state index contributed by atoms with van der Waals surface area (Å²) in [5.74, 6) is -1.39. The summed E-state index contributed by atoms with van der Waals surface area (Å²) >= 11 is 3.06. The third-order valence-corrected chi connectivity index (χ3v) is 7.40. The van der Waals surface area contributed by atoms with Gasteiger partial charge in [-0.1, -0.05) is 40.7 Å². The zero-order chi connectivity index (χ0) is 27.1. The molecule has 0 radical (unpaired) electrons. The second kappa shape index (κ2) is 12.7. The molecule has 1 aromatic heterocycles. The van der Waals surface area contributed by atoms with Gasteiger partial charge < -0.3 is 20.7 Å². The zero-order valence-electron chi connectivity index (χ0n) is 22.1. The standard InChI is InChI=1S/C25H38N4O5S2/c1-15(2)20-22(32)34-16(10-8-9-11-36-24(3,4)5)12-18(30)26-13-19-27-17(14-35-19)21(31)29-25(6,7)23(33)28-20/h8,10,14-16,20H,9,11-13H2,1-7H3,(H,26,30)(H,28,33)(H,29,31)/b10-8+/t16-,20+/m1/s1. The Morgan fingerprint density at radius 3 is 2.58 bits per heavy atom. The van der Waals surface area contributed by atoms with Crippen LogP contribution in [-0.2, 0) is 25.7 Å². The van der Waals surface area contributed by atoms with E-state index in [1.807, 2.05) is 17.8 Å². The number of hydrogen-bond acceptors (Lipinski definition) is 8. The van der Waals surface area contributed by atoms with E-state index in [9.17, 15) is 19.2 Å². The average molecular weight is 539 g/mol. The maximum absolute atomic E-state index is 13.1. The molecule has 0 saturated carbocycles. The lowest BCUT2D eigenvalue weighted by molar-refractivity contribution is -0.153. The number of aromatic nitrogens is 1. The van der Waals surface area contributed by atoms with Crippen LogP contribution in [0.1, 0.15) is 76.8 Å². The topological polar surface area (TPSA) is 126 Å². The molecule has 2 atom stereocenters. The van der Waals surface area contributed by atoms with Gasteiger partial charge >= 0.3 is 5.97 Å². The number of carbonyl (C=O) groups excluding carboxylic acids is 4. The summed E-state index contributed by atoms with van der Waals surface area (Å²) in [5.41, 5.74) is -1.14. The highest BCUT2D eigenvalue weighted by Gasteiger charge is 2.36. The van der Waals surface area contributed by atoms with Crippen LogP contribution in [0, 0.1) is 5.92 Å². The van der Waals surface area contributed by atoms with Gasteiger partial charge in [0.2, 0.25) is 11.8 Å². The maximum Gasteiger partial charge on any atom is 0.329 e. The van der Waals surface area contributed by atoms with Crippen molar-refractivity contribution in [3.8, 4) is 0 Å². The second-order valence-electron chi connectivity index (χ2n) is 10.5. The van der Waals surface area contributed by atoms with Crippen LogP contribution in [0.4, 0.5) is 0 Å². The van der Waals surface area contributed by atoms with Crippen LogP contribution in [0.15, 0.2) is 17.5 Å². The monoisotopic (exact) mass is 538 g/mol.